The summed E-state index contributed by atoms with van der Waals surface area (Å²) < 4.78 is -1.32. The second-order valence-electron chi connectivity index (χ2n) is 8.29. The van der Waals surface area contributed by atoms with Gasteiger partial charge in [-0.05, 0) is 59.7 Å². The summed E-state index contributed by atoms with van der Waals surface area (Å²) in [6.07, 6.45) is 0.0952. The number of nitrogens with two attached hydrogens (primary N) is 1. The van der Waals surface area contributed by atoms with Crippen molar-refractivity contribution < 1.29 is 9.59 Å². The van der Waals surface area contributed by atoms with E-state index in [1.807, 2.05) is 6.07 Å². The van der Waals surface area contributed by atoms with Crippen LogP contribution >= 0.6 is 58.0 Å². The van der Waals surface area contributed by atoms with Gasteiger partial charge in [0.2, 0.25) is 5.91 Å². The van der Waals surface area contributed by atoms with Gasteiger partial charge in [0.15, 0.2) is 5.78 Å². The molecule has 0 saturated heterocycles. The molecule has 1 fully saturated rings. The number of hydrogen-bond donors (Lipinski definition) is 3. The number of carbonyl (C=O) groups is 2. The number of amides is 1. The van der Waals surface area contributed by atoms with Crippen LogP contribution < -0.4 is 16.4 Å². The molecule has 2 atom stereocenters. The number of anilines is 3. The van der Waals surface area contributed by atoms with E-state index in [1.54, 1.807) is 49.5 Å². The molecule has 3 aromatic rings. The molecule has 1 amide bonds. The molecule has 1 aliphatic carbocycles. The molecule has 0 radical (unpaired) electrons. The second kappa shape index (κ2) is 10.1. The van der Waals surface area contributed by atoms with Crippen molar-refractivity contribution in [3.05, 3.63) is 86.4 Å². The highest BCUT2D eigenvalue weighted by molar-refractivity contribution is 6.53. The Bertz CT molecular complexity index is 1310. The van der Waals surface area contributed by atoms with Crippen LogP contribution in [0, 0.1) is 5.92 Å². The Labute approximate surface area is 227 Å². The summed E-state index contributed by atoms with van der Waals surface area (Å²) >= 11 is 31.3. The SMILES string of the molecule is CNc1ccc(CC(=O)c2cc(NC(=O)C3C(c4cc(Cl)cc(Cl)c4)C3(Cl)Cl)ccc2Cl)cc1N. The van der Waals surface area contributed by atoms with Gasteiger partial charge in [-0.1, -0.05) is 40.9 Å². The maximum absolute atomic E-state index is 13.0. The first-order chi connectivity index (χ1) is 16.5. The smallest absolute Gasteiger partial charge is 0.231 e. The molecule has 4 N–H and O–H groups in total. The zero-order valence-corrected chi connectivity index (χ0v) is 22.1. The highest BCUT2D eigenvalue weighted by Crippen LogP contribution is 2.65. The van der Waals surface area contributed by atoms with Gasteiger partial charge in [-0.25, -0.2) is 0 Å². The number of nitrogens with one attached hydrogen (secondary N) is 2. The summed E-state index contributed by atoms with van der Waals surface area (Å²) in [7, 11) is 1.77. The van der Waals surface area contributed by atoms with Gasteiger partial charge in [-0.15, -0.1) is 23.2 Å². The summed E-state index contributed by atoms with van der Waals surface area (Å²) in [5.41, 5.74) is 9.39. The molecular weight excluding hydrogens is 552 g/mol. The first kappa shape index (κ1) is 25.9. The number of alkyl halides is 2. The van der Waals surface area contributed by atoms with E-state index in [0.717, 1.165) is 11.3 Å². The van der Waals surface area contributed by atoms with E-state index in [0.29, 0.717) is 27.0 Å². The summed E-state index contributed by atoms with van der Waals surface area (Å²) in [5.74, 6) is -1.83. The molecule has 35 heavy (non-hydrogen) atoms. The van der Waals surface area contributed by atoms with E-state index in [2.05, 4.69) is 10.6 Å². The molecule has 0 spiro atoms. The number of carbonyl (C=O) groups excluding carboxylic acids is 2. The molecule has 5 nitrogen and oxygen atoms in total. The Kier molecular flexibility index (Phi) is 7.46. The minimum absolute atomic E-state index is 0.0952. The monoisotopic (exact) mass is 569 g/mol. The van der Waals surface area contributed by atoms with Crippen LogP contribution in [0.2, 0.25) is 15.1 Å². The third-order valence-corrected chi connectivity index (χ3v) is 7.57. The average Bonchev–Trinajstić information content (AvgIpc) is 3.36. The van der Waals surface area contributed by atoms with E-state index >= 15 is 0 Å². The molecule has 4 rings (SSSR count). The average molecular weight is 572 g/mol. The van der Waals surface area contributed by atoms with E-state index in [4.69, 9.17) is 63.7 Å². The molecule has 1 saturated carbocycles. The lowest BCUT2D eigenvalue weighted by atomic mass is 10.0. The first-order valence-electron chi connectivity index (χ1n) is 10.5. The Hall–Kier alpha value is -2.15. The van der Waals surface area contributed by atoms with Gasteiger partial charge in [0, 0.05) is 40.7 Å². The fourth-order valence-corrected chi connectivity index (χ4v) is 5.68. The zero-order chi connectivity index (χ0) is 25.5. The number of Topliss-reactive ketones (excluding diaryl/α,β-unsaturated/α-hetero) is 1. The number of benzene rings is 3. The summed E-state index contributed by atoms with van der Waals surface area (Å²) in [5, 5.41) is 6.88. The second-order valence-corrected chi connectivity index (χ2v) is 11.0. The van der Waals surface area contributed by atoms with Crippen LogP contribution in [0.15, 0.2) is 54.6 Å². The van der Waals surface area contributed by atoms with Gasteiger partial charge in [0.1, 0.15) is 4.33 Å². The van der Waals surface area contributed by atoms with E-state index < -0.39 is 22.1 Å². The van der Waals surface area contributed by atoms with Crippen molar-refractivity contribution in [3.63, 3.8) is 0 Å². The van der Waals surface area contributed by atoms with Crippen molar-refractivity contribution in [1.29, 1.82) is 0 Å². The molecule has 0 aliphatic heterocycles. The summed E-state index contributed by atoms with van der Waals surface area (Å²) in [4.78, 5) is 26.0. The highest BCUT2D eigenvalue weighted by Gasteiger charge is 2.67. The normalized spacial score (nSPS) is 18.1. The van der Waals surface area contributed by atoms with Crippen LogP contribution in [-0.2, 0) is 11.2 Å². The fourth-order valence-electron chi connectivity index (χ4n) is 4.09. The lowest BCUT2D eigenvalue weighted by Crippen LogP contribution is -2.17. The lowest BCUT2D eigenvalue weighted by Gasteiger charge is -2.10. The predicted molar refractivity (Wildman–Crippen MR) is 146 cm³/mol. The molecule has 182 valence electrons. The molecule has 0 aromatic heterocycles. The molecular formula is C25H20Cl5N3O2. The fraction of sp³-hybridized carbons (Fsp3) is 0.200. The molecule has 10 heteroatoms. The van der Waals surface area contributed by atoms with E-state index in [9.17, 15) is 9.59 Å². The number of ketones is 1. The zero-order valence-electron chi connectivity index (χ0n) is 18.3. The Balaban J connectivity index is 1.50. The molecule has 0 bridgehead atoms. The number of nitrogen functional groups attached to an aromatic ring is 1. The maximum Gasteiger partial charge on any atom is 0.231 e. The number of hydrogen-bond acceptors (Lipinski definition) is 4. The van der Waals surface area contributed by atoms with Crippen LogP contribution in [0.3, 0.4) is 0 Å². The Morgan fingerprint density at radius 3 is 2.29 bits per heavy atom. The van der Waals surface area contributed by atoms with Crippen molar-refractivity contribution in [2.24, 2.45) is 5.92 Å². The number of rotatable bonds is 7. The standard InChI is InChI=1S/C25H20Cl5N3O2/c1-32-20-5-2-12(6-19(20)31)7-21(34)17-11-16(3-4-18(17)28)33-24(35)23-22(25(23,29)30)13-8-14(26)10-15(27)9-13/h2-6,8-11,22-23,32H,7,31H2,1H3,(H,33,35). The maximum atomic E-state index is 13.0. The number of halogens is 5. The van der Waals surface area contributed by atoms with Gasteiger partial charge in [-0.2, -0.15) is 0 Å². The molecule has 0 heterocycles. The van der Waals surface area contributed by atoms with Crippen LogP contribution in [-0.4, -0.2) is 23.1 Å². The third-order valence-electron chi connectivity index (χ3n) is 5.86. The van der Waals surface area contributed by atoms with Crippen molar-refractivity contribution in [3.8, 4) is 0 Å². The quantitative estimate of drug-likeness (QED) is 0.159. The van der Waals surface area contributed by atoms with Crippen molar-refractivity contribution >= 4 is 86.8 Å². The van der Waals surface area contributed by atoms with Crippen molar-refractivity contribution in [2.45, 2.75) is 16.7 Å². The van der Waals surface area contributed by atoms with Crippen LogP contribution in [0.5, 0.6) is 0 Å². The van der Waals surface area contributed by atoms with Gasteiger partial charge in [0.05, 0.1) is 22.3 Å². The van der Waals surface area contributed by atoms with Gasteiger partial charge < -0.3 is 16.4 Å². The summed E-state index contributed by atoms with van der Waals surface area (Å²) in [6, 6.07) is 15.0. The van der Waals surface area contributed by atoms with Crippen LogP contribution in [0.4, 0.5) is 17.1 Å². The van der Waals surface area contributed by atoms with Gasteiger partial charge in [-0.3, -0.25) is 9.59 Å². The Morgan fingerprint density at radius 1 is 0.971 bits per heavy atom. The topological polar surface area (TPSA) is 84.2 Å². The van der Waals surface area contributed by atoms with Crippen molar-refractivity contribution in [1.82, 2.24) is 0 Å². The van der Waals surface area contributed by atoms with Gasteiger partial charge in [0.25, 0.3) is 0 Å². The molecule has 3 aromatic carbocycles. The van der Waals surface area contributed by atoms with E-state index in [1.165, 1.54) is 6.07 Å². The Morgan fingerprint density at radius 2 is 1.66 bits per heavy atom. The molecule has 1 aliphatic rings. The predicted octanol–water partition coefficient (Wildman–Crippen LogP) is 7.22. The van der Waals surface area contributed by atoms with Crippen LogP contribution in [0.25, 0.3) is 0 Å². The summed E-state index contributed by atoms with van der Waals surface area (Å²) in [6.45, 7) is 0. The minimum Gasteiger partial charge on any atom is -0.397 e. The lowest BCUT2D eigenvalue weighted by molar-refractivity contribution is -0.117. The highest BCUT2D eigenvalue weighted by atomic mass is 35.5. The van der Waals surface area contributed by atoms with Crippen molar-refractivity contribution in [2.75, 3.05) is 23.4 Å². The first-order valence-corrected chi connectivity index (χ1v) is 12.4. The van der Waals surface area contributed by atoms with Crippen LogP contribution in [0.1, 0.15) is 27.4 Å². The minimum atomic E-state index is -1.32. The van der Waals surface area contributed by atoms with Gasteiger partial charge >= 0.3 is 0 Å². The third kappa shape index (κ3) is 5.50. The van der Waals surface area contributed by atoms with E-state index in [-0.39, 0.29) is 22.8 Å². The largest absolute Gasteiger partial charge is 0.397 e. The molecule has 2 unspecified atom stereocenters.